The van der Waals surface area contributed by atoms with E-state index in [4.69, 9.17) is 0 Å². The van der Waals surface area contributed by atoms with Crippen molar-refractivity contribution in [2.75, 3.05) is 6.54 Å². The fourth-order valence-electron chi connectivity index (χ4n) is 3.05. The van der Waals surface area contributed by atoms with Gasteiger partial charge in [-0.15, -0.1) is 0 Å². The van der Waals surface area contributed by atoms with E-state index in [9.17, 15) is 14.4 Å². The van der Waals surface area contributed by atoms with E-state index in [1.807, 2.05) is 37.3 Å². The van der Waals surface area contributed by atoms with E-state index in [1.54, 1.807) is 0 Å². The Kier molecular flexibility index (Phi) is 5.54. The van der Waals surface area contributed by atoms with Gasteiger partial charge in [0.25, 0.3) is 5.56 Å². The minimum absolute atomic E-state index is 0.0230. The van der Waals surface area contributed by atoms with E-state index in [0.717, 1.165) is 23.0 Å². The molecular weight excluding hydrogens is 346 g/mol. The maximum absolute atomic E-state index is 12.5. The monoisotopic (exact) mass is 369 g/mol. The first kappa shape index (κ1) is 18.6. The minimum Gasteiger partial charge on any atom is -0.354 e. The molecule has 3 rings (SSSR count). The molecule has 1 N–H and O–H groups in total. The summed E-state index contributed by atoms with van der Waals surface area (Å²) in [6.45, 7) is 2.89. The molecule has 0 aliphatic rings. The number of nitrogens with zero attached hydrogens (tertiary/aromatic N) is 4. The third-order valence-electron chi connectivity index (χ3n) is 4.44. The Bertz CT molecular complexity index is 1060. The van der Waals surface area contributed by atoms with Crippen LogP contribution in [0.5, 0.6) is 0 Å². The molecule has 3 aromatic rings. The molecule has 0 aliphatic heterocycles. The summed E-state index contributed by atoms with van der Waals surface area (Å²) in [5.41, 5.74) is 0.887. The first-order chi connectivity index (χ1) is 13.0. The van der Waals surface area contributed by atoms with E-state index in [0.29, 0.717) is 18.7 Å². The van der Waals surface area contributed by atoms with Gasteiger partial charge in [0.1, 0.15) is 6.54 Å². The Morgan fingerprint density at radius 3 is 2.63 bits per heavy atom. The van der Waals surface area contributed by atoms with Crippen molar-refractivity contribution >= 4 is 17.1 Å². The molecule has 0 fully saturated rings. The lowest BCUT2D eigenvalue weighted by molar-refractivity contribution is -0.121. The highest BCUT2D eigenvalue weighted by molar-refractivity contribution is 5.78. The molecule has 8 nitrogen and oxygen atoms in total. The standard InChI is InChI=1S/C19H23N5O3/c1-3-11-24-17-16(18(26)22(2)19(24)27)23(13-21-17)12-15(25)20-10-9-14-7-5-4-6-8-14/h4-8,13H,3,9-12H2,1-2H3,(H,20,25). The average Bonchev–Trinajstić information content (AvgIpc) is 3.07. The van der Waals surface area contributed by atoms with Crippen LogP contribution in [0.1, 0.15) is 18.9 Å². The van der Waals surface area contributed by atoms with E-state index in [2.05, 4.69) is 10.3 Å². The zero-order valence-electron chi connectivity index (χ0n) is 15.5. The van der Waals surface area contributed by atoms with Gasteiger partial charge in [-0.25, -0.2) is 9.78 Å². The minimum atomic E-state index is -0.447. The normalized spacial score (nSPS) is 11.0. The zero-order valence-corrected chi connectivity index (χ0v) is 15.5. The van der Waals surface area contributed by atoms with Gasteiger partial charge >= 0.3 is 5.69 Å². The Morgan fingerprint density at radius 1 is 1.19 bits per heavy atom. The number of benzene rings is 1. The molecule has 0 unspecified atom stereocenters. The number of imidazole rings is 1. The SMILES string of the molecule is CCCn1c(=O)n(C)c(=O)c2c1ncn2CC(=O)NCCc1ccccc1. The van der Waals surface area contributed by atoms with Crippen LogP contribution in [0.2, 0.25) is 0 Å². The van der Waals surface area contributed by atoms with Gasteiger partial charge in [0, 0.05) is 20.1 Å². The second-order valence-corrected chi connectivity index (χ2v) is 6.43. The van der Waals surface area contributed by atoms with Crippen molar-refractivity contribution in [3.05, 3.63) is 63.1 Å². The van der Waals surface area contributed by atoms with Crippen molar-refractivity contribution in [3.63, 3.8) is 0 Å². The van der Waals surface area contributed by atoms with Gasteiger partial charge in [-0.05, 0) is 18.4 Å². The molecule has 1 amide bonds. The van der Waals surface area contributed by atoms with E-state index in [-0.39, 0.29) is 18.0 Å². The van der Waals surface area contributed by atoms with Crippen LogP contribution in [0.15, 0.2) is 46.2 Å². The fraction of sp³-hybridized carbons (Fsp3) is 0.368. The Labute approximate surface area is 156 Å². The second kappa shape index (κ2) is 8.03. The lowest BCUT2D eigenvalue weighted by Crippen LogP contribution is -2.39. The Hall–Kier alpha value is -3.16. The fourth-order valence-corrected chi connectivity index (χ4v) is 3.05. The predicted molar refractivity (Wildman–Crippen MR) is 103 cm³/mol. The van der Waals surface area contributed by atoms with Gasteiger partial charge in [-0.2, -0.15) is 0 Å². The number of hydrogen-bond donors (Lipinski definition) is 1. The van der Waals surface area contributed by atoms with Crippen molar-refractivity contribution in [2.24, 2.45) is 7.05 Å². The molecule has 27 heavy (non-hydrogen) atoms. The first-order valence-electron chi connectivity index (χ1n) is 8.98. The van der Waals surface area contributed by atoms with Crippen molar-refractivity contribution in [1.29, 1.82) is 0 Å². The van der Waals surface area contributed by atoms with Crippen LogP contribution >= 0.6 is 0 Å². The molecule has 0 aliphatic carbocycles. The largest absolute Gasteiger partial charge is 0.354 e. The van der Waals surface area contributed by atoms with Gasteiger partial charge < -0.3 is 9.88 Å². The number of aromatic nitrogens is 4. The molecule has 142 valence electrons. The highest BCUT2D eigenvalue weighted by Crippen LogP contribution is 2.07. The predicted octanol–water partition coefficient (Wildman–Crippen LogP) is 0.666. The van der Waals surface area contributed by atoms with Crippen molar-refractivity contribution in [3.8, 4) is 0 Å². The van der Waals surface area contributed by atoms with Crippen LogP contribution in [-0.2, 0) is 31.4 Å². The van der Waals surface area contributed by atoms with Crippen LogP contribution in [0.4, 0.5) is 0 Å². The van der Waals surface area contributed by atoms with Crippen molar-refractivity contribution in [1.82, 2.24) is 24.0 Å². The number of amides is 1. The zero-order chi connectivity index (χ0) is 19.4. The summed E-state index contributed by atoms with van der Waals surface area (Å²) in [6.07, 6.45) is 2.91. The van der Waals surface area contributed by atoms with Crippen LogP contribution in [0.25, 0.3) is 11.2 Å². The van der Waals surface area contributed by atoms with E-state index < -0.39 is 11.2 Å². The summed E-state index contributed by atoms with van der Waals surface area (Å²) in [5.74, 6) is -0.208. The summed E-state index contributed by atoms with van der Waals surface area (Å²) in [5, 5.41) is 2.85. The summed E-state index contributed by atoms with van der Waals surface area (Å²) in [7, 11) is 1.44. The summed E-state index contributed by atoms with van der Waals surface area (Å²) in [6, 6.07) is 9.88. The van der Waals surface area contributed by atoms with Crippen LogP contribution in [-0.4, -0.2) is 31.1 Å². The third-order valence-corrected chi connectivity index (χ3v) is 4.44. The molecule has 2 heterocycles. The molecule has 1 aromatic carbocycles. The average molecular weight is 369 g/mol. The second-order valence-electron chi connectivity index (χ2n) is 6.43. The van der Waals surface area contributed by atoms with Gasteiger partial charge in [-0.1, -0.05) is 37.3 Å². The van der Waals surface area contributed by atoms with Gasteiger partial charge in [0.05, 0.1) is 6.33 Å². The van der Waals surface area contributed by atoms with E-state index in [1.165, 1.54) is 22.5 Å². The molecule has 0 spiro atoms. The quantitative estimate of drug-likeness (QED) is 0.663. The molecule has 0 saturated carbocycles. The highest BCUT2D eigenvalue weighted by atomic mass is 16.2. The van der Waals surface area contributed by atoms with Crippen LogP contribution in [0.3, 0.4) is 0 Å². The molecule has 8 heteroatoms. The lowest BCUT2D eigenvalue weighted by atomic mass is 10.1. The number of carbonyl (C=O) groups excluding carboxylic acids is 1. The Balaban J connectivity index is 1.78. The number of fused-ring (bicyclic) bond motifs is 1. The van der Waals surface area contributed by atoms with Crippen molar-refractivity contribution < 1.29 is 4.79 Å². The summed E-state index contributed by atoms with van der Waals surface area (Å²) >= 11 is 0. The maximum Gasteiger partial charge on any atom is 0.332 e. The molecule has 0 bridgehead atoms. The smallest absolute Gasteiger partial charge is 0.332 e. The van der Waals surface area contributed by atoms with Gasteiger partial charge in [-0.3, -0.25) is 18.7 Å². The van der Waals surface area contributed by atoms with Crippen molar-refractivity contribution in [2.45, 2.75) is 32.9 Å². The summed E-state index contributed by atoms with van der Waals surface area (Å²) < 4.78 is 4.03. The van der Waals surface area contributed by atoms with Crippen LogP contribution < -0.4 is 16.6 Å². The van der Waals surface area contributed by atoms with E-state index >= 15 is 0 Å². The Morgan fingerprint density at radius 2 is 1.93 bits per heavy atom. The number of aryl methyl sites for hydroxylation is 1. The maximum atomic E-state index is 12.5. The number of nitrogens with one attached hydrogen (secondary N) is 1. The number of rotatable bonds is 7. The van der Waals surface area contributed by atoms with Gasteiger partial charge in [0.15, 0.2) is 11.2 Å². The topological polar surface area (TPSA) is 90.9 Å². The highest BCUT2D eigenvalue weighted by Gasteiger charge is 2.17. The number of carbonyl (C=O) groups is 1. The number of hydrogen-bond acceptors (Lipinski definition) is 4. The summed E-state index contributed by atoms with van der Waals surface area (Å²) in [4.78, 5) is 41.3. The first-order valence-corrected chi connectivity index (χ1v) is 8.98. The molecule has 0 radical (unpaired) electrons. The van der Waals surface area contributed by atoms with Crippen LogP contribution in [0, 0.1) is 0 Å². The molecule has 0 saturated heterocycles. The van der Waals surface area contributed by atoms with Gasteiger partial charge in [0.2, 0.25) is 5.91 Å². The molecule has 0 atom stereocenters. The lowest BCUT2D eigenvalue weighted by Gasteiger charge is -2.09. The third kappa shape index (κ3) is 3.84. The molecular formula is C19H23N5O3. The molecule has 2 aromatic heterocycles.